The van der Waals surface area contributed by atoms with E-state index in [1.165, 1.54) is 0 Å². The summed E-state index contributed by atoms with van der Waals surface area (Å²) in [6, 6.07) is 14.9. The number of nitrogens with zero attached hydrogens (tertiary/aromatic N) is 2. The van der Waals surface area contributed by atoms with Crippen molar-refractivity contribution in [3.8, 4) is 5.75 Å². The first-order valence-electron chi connectivity index (χ1n) is 10.8. The standard InChI is InChI=1S/C23H30N4O3S/c1-17-5-4-13-27(16-17)31(28,29)19-10-8-18(9-11-19)15-25-23(24)26-21-12-14-30-22-7-3-2-6-20(21)22/h2-3,6-11,17,21H,4-5,12-16H2,1H3,(H3,24,25,26). The maximum Gasteiger partial charge on any atom is 0.243 e. The van der Waals surface area contributed by atoms with Gasteiger partial charge in [0.05, 0.1) is 24.1 Å². The van der Waals surface area contributed by atoms with E-state index in [1.807, 2.05) is 24.3 Å². The first-order chi connectivity index (χ1) is 14.9. The maximum absolute atomic E-state index is 12.9. The first-order valence-corrected chi connectivity index (χ1v) is 12.2. The Hall–Kier alpha value is -2.58. The van der Waals surface area contributed by atoms with Crippen molar-refractivity contribution in [2.24, 2.45) is 16.6 Å². The van der Waals surface area contributed by atoms with Crippen molar-refractivity contribution in [3.05, 3.63) is 59.7 Å². The second kappa shape index (κ2) is 9.28. The Bertz CT molecular complexity index is 1040. The third kappa shape index (κ3) is 5.02. The average Bonchev–Trinajstić information content (AvgIpc) is 2.78. The highest BCUT2D eigenvalue weighted by Crippen LogP contribution is 2.31. The van der Waals surface area contributed by atoms with Crippen LogP contribution in [0.5, 0.6) is 5.75 Å². The van der Waals surface area contributed by atoms with E-state index in [-0.39, 0.29) is 6.04 Å². The largest absolute Gasteiger partial charge is 0.493 e. The van der Waals surface area contributed by atoms with Gasteiger partial charge in [-0.1, -0.05) is 37.3 Å². The number of benzene rings is 2. The van der Waals surface area contributed by atoms with Crippen LogP contribution in [0.25, 0.3) is 0 Å². The first kappa shape index (κ1) is 21.6. The molecule has 3 N–H and O–H groups in total. The van der Waals surface area contributed by atoms with Crippen LogP contribution in [0, 0.1) is 5.92 Å². The quantitative estimate of drug-likeness (QED) is 0.548. The molecule has 1 fully saturated rings. The van der Waals surface area contributed by atoms with Gasteiger partial charge in [0, 0.05) is 25.1 Å². The van der Waals surface area contributed by atoms with Gasteiger partial charge in [-0.25, -0.2) is 13.4 Å². The number of rotatable bonds is 5. The lowest BCUT2D eigenvalue weighted by atomic mass is 10.0. The number of nitrogens with two attached hydrogens (primary N) is 1. The van der Waals surface area contributed by atoms with Gasteiger partial charge in [0.25, 0.3) is 0 Å². The summed E-state index contributed by atoms with van der Waals surface area (Å²) in [5.41, 5.74) is 8.10. The second-order valence-corrected chi connectivity index (χ2v) is 10.3. The molecule has 0 aliphatic carbocycles. The third-order valence-electron chi connectivity index (χ3n) is 5.89. The molecule has 0 amide bonds. The van der Waals surface area contributed by atoms with E-state index in [2.05, 4.69) is 17.2 Å². The fourth-order valence-electron chi connectivity index (χ4n) is 4.17. The Balaban J connectivity index is 1.38. The van der Waals surface area contributed by atoms with Crippen molar-refractivity contribution >= 4 is 16.0 Å². The van der Waals surface area contributed by atoms with Crippen LogP contribution < -0.4 is 15.8 Å². The fraction of sp³-hybridized carbons (Fsp3) is 0.435. The van der Waals surface area contributed by atoms with Gasteiger partial charge >= 0.3 is 0 Å². The van der Waals surface area contributed by atoms with Crippen LogP contribution in [0.3, 0.4) is 0 Å². The number of guanidine groups is 1. The van der Waals surface area contributed by atoms with Gasteiger partial charge in [-0.2, -0.15) is 4.31 Å². The Kier molecular flexibility index (Phi) is 6.48. The van der Waals surface area contributed by atoms with E-state index in [1.54, 1.807) is 28.6 Å². The molecule has 166 valence electrons. The van der Waals surface area contributed by atoms with Gasteiger partial charge in [-0.15, -0.1) is 0 Å². The number of hydrogen-bond acceptors (Lipinski definition) is 4. The van der Waals surface area contributed by atoms with Gasteiger partial charge in [0.1, 0.15) is 5.75 Å². The number of piperidine rings is 1. The molecule has 2 unspecified atom stereocenters. The third-order valence-corrected chi connectivity index (χ3v) is 7.77. The van der Waals surface area contributed by atoms with Crippen molar-refractivity contribution in [2.75, 3.05) is 19.7 Å². The zero-order valence-corrected chi connectivity index (χ0v) is 18.6. The Morgan fingerprint density at radius 3 is 2.74 bits per heavy atom. The summed E-state index contributed by atoms with van der Waals surface area (Å²) < 4.78 is 33.1. The normalized spacial score (nSPS) is 22.4. The smallest absolute Gasteiger partial charge is 0.243 e. The predicted octanol–water partition coefficient (Wildman–Crippen LogP) is 3.04. The van der Waals surface area contributed by atoms with Crippen LogP contribution in [0.4, 0.5) is 0 Å². The van der Waals surface area contributed by atoms with Crippen molar-refractivity contribution in [3.63, 3.8) is 0 Å². The van der Waals surface area contributed by atoms with E-state index < -0.39 is 10.0 Å². The van der Waals surface area contributed by atoms with E-state index >= 15 is 0 Å². The molecule has 2 aromatic carbocycles. The van der Waals surface area contributed by atoms with Crippen molar-refractivity contribution in [2.45, 2.75) is 43.7 Å². The summed E-state index contributed by atoms with van der Waals surface area (Å²) >= 11 is 0. The number of nitrogens with one attached hydrogen (secondary N) is 1. The van der Waals surface area contributed by atoms with E-state index in [9.17, 15) is 8.42 Å². The van der Waals surface area contributed by atoms with Crippen LogP contribution in [0.15, 0.2) is 58.4 Å². The molecule has 2 heterocycles. The zero-order chi connectivity index (χ0) is 21.8. The second-order valence-electron chi connectivity index (χ2n) is 8.33. The summed E-state index contributed by atoms with van der Waals surface area (Å²) in [4.78, 5) is 4.77. The molecular weight excluding hydrogens is 412 g/mol. The van der Waals surface area contributed by atoms with Crippen molar-refractivity contribution in [1.82, 2.24) is 9.62 Å². The number of fused-ring (bicyclic) bond motifs is 1. The number of aliphatic imine (C=N–C) groups is 1. The zero-order valence-electron chi connectivity index (χ0n) is 17.8. The molecule has 0 aromatic heterocycles. The monoisotopic (exact) mass is 442 g/mol. The van der Waals surface area contributed by atoms with Crippen LogP contribution in [-0.2, 0) is 16.6 Å². The van der Waals surface area contributed by atoms with Gasteiger partial charge in [-0.05, 0) is 42.5 Å². The van der Waals surface area contributed by atoms with Crippen LogP contribution >= 0.6 is 0 Å². The number of ether oxygens (including phenoxy) is 1. The minimum atomic E-state index is -3.44. The molecule has 2 aliphatic heterocycles. The van der Waals surface area contributed by atoms with Crippen LogP contribution in [-0.4, -0.2) is 38.4 Å². The average molecular weight is 443 g/mol. The Labute approximate surface area is 184 Å². The van der Waals surface area contributed by atoms with Gasteiger partial charge in [-0.3, -0.25) is 0 Å². The molecule has 7 nitrogen and oxygen atoms in total. The molecule has 0 saturated carbocycles. The summed E-state index contributed by atoms with van der Waals surface area (Å²) in [7, 11) is -3.44. The molecule has 4 rings (SSSR count). The van der Waals surface area contributed by atoms with Crippen molar-refractivity contribution < 1.29 is 13.2 Å². The highest BCUT2D eigenvalue weighted by atomic mass is 32.2. The molecule has 0 spiro atoms. The number of hydrogen-bond donors (Lipinski definition) is 2. The van der Waals surface area contributed by atoms with E-state index in [0.717, 1.165) is 36.1 Å². The molecular formula is C23H30N4O3S. The summed E-state index contributed by atoms with van der Waals surface area (Å²) in [5.74, 6) is 1.63. The number of para-hydroxylation sites is 1. The van der Waals surface area contributed by atoms with Crippen molar-refractivity contribution in [1.29, 1.82) is 0 Å². The minimum absolute atomic E-state index is 0.0631. The minimum Gasteiger partial charge on any atom is -0.493 e. The molecule has 0 radical (unpaired) electrons. The Morgan fingerprint density at radius 1 is 1.19 bits per heavy atom. The highest BCUT2D eigenvalue weighted by molar-refractivity contribution is 7.89. The van der Waals surface area contributed by atoms with E-state index in [0.29, 0.717) is 43.0 Å². The van der Waals surface area contributed by atoms with Gasteiger partial charge < -0.3 is 15.8 Å². The van der Waals surface area contributed by atoms with Crippen LogP contribution in [0.2, 0.25) is 0 Å². The summed E-state index contributed by atoms with van der Waals surface area (Å²) in [5, 5.41) is 3.27. The van der Waals surface area contributed by atoms with Gasteiger partial charge in [0.2, 0.25) is 10.0 Å². The molecule has 2 atom stereocenters. The molecule has 1 saturated heterocycles. The number of sulfonamides is 1. The molecule has 2 aromatic rings. The molecule has 2 aliphatic rings. The highest BCUT2D eigenvalue weighted by Gasteiger charge is 2.28. The lowest BCUT2D eigenvalue weighted by molar-refractivity contribution is 0.262. The topological polar surface area (TPSA) is 97.0 Å². The molecule has 8 heteroatoms. The predicted molar refractivity (Wildman–Crippen MR) is 121 cm³/mol. The fourth-order valence-corrected chi connectivity index (χ4v) is 5.77. The Morgan fingerprint density at radius 2 is 1.97 bits per heavy atom. The summed E-state index contributed by atoms with van der Waals surface area (Å²) in [6.07, 6.45) is 2.81. The van der Waals surface area contributed by atoms with Gasteiger partial charge in [0.15, 0.2) is 5.96 Å². The lowest BCUT2D eigenvalue weighted by Crippen LogP contribution is -2.39. The SMILES string of the molecule is CC1CCCN(S(=O)(=O)c2ccc(CN=C(N)NC3CCOc4ccccc43)cc2)C1. The van der Waals surface area contributed by atoms with Crippen LogP contribution in [0.1, 0.15) is 43.4 Å². The molecule has 0 bridgehead atoms. The van der Waals surface area contributed by atoms with E-state index in [4.69, 9.17) is 10.5 Å². The maximum atomic E-state index is 12.9. The lowest BCUT2D eigenvalue weighted by Gasteiger charge is -2.30. The molecule has 31 heavy (non-hydrogen) atoms. The summed E-state index contributed by atoms with van der Waals surface area (Å²) in [6.45, 7) is 4.29.